The molecule has 2 amide bonds. The average molecular weight is 267 g/mol. The minimum Gasteiger partial charge on any atom is -0.409 e. The molecule has 0 atom stereocenters. The van der Waals surface area contributed by atoms with Crippen LogP contribution in [0.3, 0.4) is 0 Å². The molecule has 1 rings (SSSR count). The summed E-state index contributed by atoms with van der Waals surface area (Å²) < 4.78 is 4.59. The van der Waals surface area contributed by atoms with Gasteiger partial charge in [0.1, 0.15) is 5.69 Å². The van der Waals surface area contributed by atoms with Crippen LogP contribution in [0.2, 0.25) is 0 Å². The zero-order valence-electron chi connectivity index (χ0n) is 10.8. The predicted molar refractivity (Wildman–Crippen MR) is 67.6 cm³/mol. The molecule has 0 aliphatic carbocycles. The molecule has 0 aliphatic heterocycles. The van der Waals surface area contributed by atoms with Crippen LogP contribution in [-0.4, -0.2) is 35.2 Å². The monoisotopic (exact) mass is 267 g/mol. The van der Waals surface area contributed by atoms with Crippen LogP contribution in [0, 0.1) is 5.41 Å². The number of ether oxygens (including phenoxy) is 1. The molecule has 0 fully saturated rings. The number of carbonyl (C=O) groups is 2. The third-order valence-corrected chi connectivity index (χ3v) is 2.34. The average Bonchev–Trinajstić information content (AvgIpc) is 2.36. The number of pyridine rings is 1. The van der Waals surface area contributed by atoms with Gasteiger partial charge >= 0.3 is 6.09 Å². The first-order valence-electron chi connectivity index (χ1n) is 5.66. The smallest absolute Gasteiger partial charge is 0.409 e. The Bertz CT molecular complexity index is 457. The number of hydrogen-bond acceptors (Lipinski definition) is 5. The maximum absolute atomic E-state index is 11.8. The van der Waals surface area contributed by atoms with E-state index >= 15 is 0 Å². The molecule has 0 unspecified atom stereocenters. The molecule has 0 aliphatic rings. The highest BCUT2D eigenvalue weighted by Crippen LogP contribution is 2.12. The number of aliphatic hydroxyl groups excluding tert-OH is 1. The van der Waals surface area contributed by atoms with E-state index in [-0.39, 0.29) is 24.0 Å². The largest absolute Gasteiger partial charge is 0.410 e. The van der Waals surface area contributed by atoms with Crippen molar-refractivity contribution in [3.05, 3.63) is 24.0 Å². The standard InChI is InChI=1S/C12H17N3O4/c1-12(2,7-16)6-15-10(17)9-4-3-8(5-14-9)19-11(13)18/h3-5,16H,6-7H2,1-2H3,(H2,13,18)(H,15,17). The third-order valence-electron chi connectivity index (χ3n) is 2.34. The summed E-state index contributed by atoms with van der Waals surface area (Å²) in [7, 11) is 0. The number of nitrogens with two attached hydrogens (primary N) is 1. The third kappa shape index (κ3) is 4.92. The van der Waals surface area contributed by atoms with Crippen LogP contribution in [-0.2, 0) is 0 Å². The van der Waals surface area contributed by atoms with Gasteiger partial charge in [-0.15, -0.1) is 0 Å². The van der Waals surface area contributed by atoms with Crippen LogP contribution in [0.15, 0.2) is 18.3 Å². The SMILES string of the molecule is CC(C)(CO)CNC(=O)c1ccc(OC(N)=O)cn1. The van der Waals surface area contributed by atoms with Crippen LogP contribution >= 0.6 is 0 Å². The zero-order valence-corrected chi connectivity index (χ0v) is 10.8. The number of primary amides is 1. The summed E-state index contributed by atoms with van der Waals surface area (Å²) >= 11 is 0. The lowest BCUT2D eigenvalue weighted by atomic mass is 9.95. The molecule has 0 radical (unpaired) electrons. The van der Waals surface area contributed by atoms with Crippen LogP contribution in [0.25, 0.3) is 0 Å². The lowest BCUT2D eigenvalue weighted by Gasteiger charge is -2.21. The second kappa shape index (κ2) is 6.14. The molecular formula is C12H17N3O4. The molecule has 19 heavy (non-hydrogen) atoms. The number of hydrogen-bond donors (Lipinski definition) is 3. The van der Waals surface area contributed by atoms with Crippen LogP contribution < -0.4 is 15.8 Å². The molecular weight excluding hydrogens is 250 g/mol. The predicted octanol–water partition coefficient (Wildman–Crippen LogP) is 0.287. The van der Waals surface area contributed by atoms with E-state index in [1.807, 2.05) is 13.8 Å². The highest BCUT2D eigenvalue weighted by Gasteiger charge is 2.18. The van der Waals surface area contributed by atoms with E-state index in [4.69, 9.17) is 10.8 Å². The van der Waals surface area contributed by atoms with Gasteiger partial charge in [-0.1, -0.05) is 13.8 Å². The molecule has 7 nitrogen and oxygen atoms in total. The number of rotatable bonds is 5. The van der Waals surface area contributed by atoms with Crippen LogP contribution in [0.4, 0.5) is 4.79 Å². The summed E-state index contributed by atoms with van der Waals surface area (Å²) in [5.74, 6) is -0.202. The van der Waals surface area contributed by atoms with Crippen molar-refractivity contribution in [3.8, 4) is 5.75 Å². The number of amides is 2. The molecule has 1 aromatic rings. The second-order valence-electron chi connectivity index (χ2n) is 4.81. The Hall–Kier alpha value is -2.15. The maximum atomic E-state index is 11.8. The van der Waals surface area contributed by atoms with Gasteiger partial charge in [-0.05, 0) is 12.1 Å². The summed E-state index contributed by atoms with van der Waals surface area (Å²) in [5.41, 5.74) is 4.63. The molecule has 4 N–H and O–H groups in total. The number of nitrogens with one attached hydrogen (secondary N) is 1. The summed E-state index contributed by atoms with van der Waals surface area (Å²) in [4.78, 5) is 26.1. The minimum atomic E-state index is -0.941. The van der Waals surface area contributed by atoms with Crippen molar-refractivity contribution in [1.82, 2.24) is 10.3 Å². The summed E-state index contributed by atoms with van der Waals surface area (Å²) in [5, 5.41) is 11.7. The van der Waals surface area contributed by atoms with Crippen molar-refractivity contribution in [1.29, 1.82) is 0 Å². The highest BCUT2D eigenvalue weighted by atomic mass is 16.5. The topological polar surface area (TPSA) is 115 Å². The van der Waals surface area contributed by atoms with Crippen molar-refractivity contribution < 1.29 is 19.4 Å². The van der Waals surface area contributed by atoms with Gasteiger partial charge in [-0.2, -0.15) is 0 Å². The molecule has 0 saturated heterocycles. The Morgan fingerprint density at radius 2 is 2.16 bits per heavy atom. The van der Waals surface area contributed by atoms with Gasteiger partial charge in [0.2, 0.25) is 0 Å². The van der Waals surface area contributed by atoms with Crippen molar-refractivity contribution in [2.45, 2.75) is 13.8 Å². The minimum absolute atomic E-state index is 0.0356. The first-order valence-corrected chi connectivity index (χ1v) is 5.66. The summed E-state index contributed by atoms with van der Waals surface area (Å²) in [6, 6.07) is 2.84. The zero-order chi connectivity index (χ0) is 14.5. The molecule has 0 spiro atoms. The molecule has 104 valence electrons. The van der Waals surface area contributed by atoms with Gasteiger partial charge in [0.05, 0.1) is 6.20 Å². The number of aliphatic hydroxyl groups is 1. The fourth-order valence-corrected chi connectivity index (χ4v) is 1.16. The van der Waals surface area contributed by atoms with Crippen LogP contribution in [0.5, 0.6) is 5.75 Å². The molecule has 0 bridgehead atoms. The maximum Gasteiger partial charge on any atom is 0.410 e. The first kappa shape index (κ1) is 14.9. The van der Waals surface area contributed by atoms with Gasteiger partial charge in [-0.25, -0.2) is 9.78 Å². The van der Waals surface area contributed by atoms with E-state index in [0.29, 0.717) is 6.54 Å². The Balaban J connectivity index is 2.60. The molecule has 0 aromatic carbocycles. The Kier molecular flexibility index (Phi) is 4.82. The van der Waals surface area contributed by atoms with Crippen molar-refractivity contribution in [2.75, 3.05) is 13.2 Å². The molecule has 0 saturated carbocycles. The molecule has 7 heteroatoms. The second-order valence-corrected chi connectivity index (χ2v) is 4.81. The van der Waals surface area contributed by atoms with Gasteiger partial charge < -0.3 is 20.9 Å². The Morgan fingerprint density at radius 3 is 2.63 bits per heavy atom. The molecule has 1 heterocycles. The summed E-state index contributed by atoms with van der Waals surface area (Å²) in [6.07, 6.45) is 0.292. The van der Waals surface area contributed by atoms with E-state index in [2.05, 4.69) is 15.0 Å². The van der Waals surface area contributed by atoms with E-state index in [1.165, 1.54) is 18.3 Å². The molecule has 1 aromatic heterocycles. The lowest BCUT2D eigenvalue weighted by Crippen LogP contribution is -2.36. The Morgan fingerprint density at radius 1 is 1.47 bits per heavy atom. The van der Waals surface area contributed by atoms with Gasteiger partial charge in [0.15, 0.2) is 5.75 Å². The van der Waals surface area contributed by atoms with Crippen molar-refractivity contribution in [3.63, 3.8) is 0 Å². The number of nitrogens with zero attached hydrogens (tertiary/aromatic N) is 1. The number of carbonyl (C=O) groups excluding carboxylic acids is 2. The van der Waals surface area contributed by atoms with E-state index < -0.39 is 11.5 Å². The van der Waals surface area contributed by atoms with Gasteiger partial charge in [0.25, 0.3) is 5.91 Å². The fourth-order valence-electron chi connectivity index (χ4n) is 1.16. The van der Waals surface area contributed by atoms with Gasteiger partial charge in [0, 0.05) is 18.6 Å². The van der Waals surface area contributed by atoms with E-state index in [0.717, 1.165) is 0 Å². The highest BCUT2D eigenvalue weighted by molar-refractivity contribution is 5.92. The number of aromatic nitrogens is 1. The first-order chi connectivity index (χ1) is 8.84. The van der Waals surface area contributed by atoms with Crippen molar-refractivity contribution in [2.24, 2.45) is 11.1 Å². The normalized spacial score (nSPS) is 10.9. The van der Waals surface area contributed by atoms with E-state index in [1.54, 1.807) is 0 Å². The Labute approximate surface area is 110 Å². The summed E-state index contributed by atoms with van der Waals surface area (Å²) in [6.45, 7) is 3.94. The fraction of sp³-hybridized carbons (Fsp3) is 0.417. The van der Waals surface area contributed by atoms with Crippen molar-refractivity contribution >= 4 is 12.0 Å². The van der Waals surface area contributed by atoms with E-state index in [9.17, 15) is 9.59 Å². The lowest BCUT2D eigenvalue weighted by molar-refractivity contribution is 0.0906. The van der Waals surface area contributed by atoms with Gasteiger partial charge in [-0.3, -0.25) is 4.79 Å². The van der Waals surface area contributed by atoms with Crippen LogP contribution in [0.1, 0.15) is 24.3 Å². The quantitative estimate of drug-likeness (QED) is 0.709.